The molecule has 0 saturated carbocycles. The van der Waals surface area contributed by atoms with Crippen LogP contribution in [0.15, 0.2) is 22.7 Å². The first-order valence-corrected chi connectivity index (χ1v) is 6.87. The third-order valence-corrected chi connectivity index (χ3v) is 3.23. The van der Waals surface area contributed by atoms with E-state index in [0.717, 1.165) is 7.11 Å². The van der Waals surface area contributed by atoms with Crippen molar-refractivity contribution in [3.63, 3.8) is 0 Å². The van der Waals surface area contributed by atoms with Crippen LogP contribution in [0.5, 0.6) is 5.75 Å². The summed E-state index contributed by atoms with van der Waals surface area (Å²) in [5.41, 5.74) is 0.184. The van der Waals surface area contributed by atoms with Crippen LogP contribution in [0, 0.1) is 0 Å². The number of hydrogen-bond donors (Lipinski definition) is 2. The zero-order chi connectivity index (χ0) is 13.8. The van der Waals surface area contributed by atoms with E-state index in [1.807, 2.05) is 0 Å². The van der Waals surface area contributed by atoms with Crippen molar-refractivity contribution in [3.05, 3.63) is 22.7 Å². The fourth-order valence-corrected chi connectivity index (χ4v) is 2.25. The summed E-state index contributed by atoms with van der Waals surface area (Å²) in [4.78, 5) is 10.8. The molecule has 1 aromatic rings. The van der Waals surface area contributed by atoms with Crippen LogP contribution in [0.25, 0.3) is 0 Å². The van der Waals surface area contributed by atoms with Crippen LogP contribution in [0.4, 0.5) is 10.5 Å². The van der Waals surface area contributed by atoms with Crippen LogP contribution in [0.1, 0.15) is 0 Å². The number of hydrogen-bond acceptors (Lipinski definition) is 5. The molecule has 0 radical (unpaired) electrons. The Labute approximate surface area is 113 Å². The summed E-state index contributed by atoms with van der Waals surface area (Å²) in [7, 11) is -1.61. The van der Waals surface area contributed by atoms with Gasteiger partial charge in [0.2, 0.25) is 0 Å². The van der Waals surface area contributed by atoms with Crippen LogP contribution < -0.4 is 14.2 Å². The molecule has 0 unspecified atom stereocenters. The predicted molar refractivity (Wildman–Crippen MR) is 68.8 cm³/mol. The van der Waals surface area contributed by atoms with Crippen LogP contribution in [0.2, 0.25) is 0 Å². The minimum atomic E-state index is -4.07. The van der Waals surface area contributed by atoms with Gasteiger partial charge in [0.25, 0.3) is 0 Å². The largest absolute Gasteiger partial charge is 0.495 e. The summed E-state index contributed by atoms with van der Waals surface area (Å²) < 4.78 is 36.7. The first kappa shape index (κ1) is 14.6. The predicted octanol–water partition coefficient (Wildman–Crippen LogP) is 1.47. The van der Waals surface area contributed by atoms with Crippen LogP contribution in [-0.4, -0.2) is 28.7 Å². The van der Waals surface area contributed by atoms with Gasteiger partial charge in [0.1, 0.15) is 5.75 Å². The normalized spacial score (nSPS) is 10.6. The fraction of sp³-hybridized carbons (Fsp3) is 0.222. The van der Waals surface area contributed by atoms with Crippen molar-refractivity contribution in [1.82, 2.24) is 4.72 Å². The number of halogens is 1. The molecule has 9 heteroatoms. The summed E-state index contributed by atoms with van der Waals surface area (Å²) in [5.74, 6) is 0.313. The maximum atomic E-state index is 11.6. The van der Waals surface area contributed by atoms with Gasteiger partial charge in [0.15, 0.2) is 0 Å². The van der Waals surface area contributed by atoms with E-state index in [9.17, 15) is 13.2 Å². The van der Waals surface area contributed by atoms with E-state index in [0.29, 0.717) is 10.2 Å². The summed E-state index contributed by atoms with van der Waals surface area (Å²) in [6, 6.07) is 4.75. The molecule has 0 aliphatic carbocycles. The second-order valence-corrected chi connectivity index (χ2v) is 5.37. The lowest BCUT2D eigenvalue weighted by Gasteiger charge is -2.12. The van der Waals surface area contributed by atoms with Gasteiger partial charge >= 0.3 is 16.3 Å². The number of benzene rings is 1. The molecule has 0 bridgehead atoms. The number of nitrogens with one attached hydrogen (secondary N) is 2. The van der Waals surface area contributed by atoms with Crippen LogP contribution in [0.3, 0.4) is 0 Å². The Morgan fingerprint density at radius 1 is 1.33 bits per heavy atom. The molecule has 0 heterocycles. The Hall–Kier alpha value is -1.48. The number of amides is 1. The maximum absolute atomic E-state index is 11.6. The average Bonchev–Trinajstić information content (AvgIpc) is 2.28. The molecule has 100 valence electrons. The molecular weight excluding hydrogens is 328 g/mol. The van der Waals surface area contributed by atoms with E-state index < -0.39 is 16.3 Å². The van der Waals surface area contributed by atoms with E-state index in [4.69, 9.17) is 4.74 Å². The molecule has 18 heavy (non-hydrogen) atoms. The first-order chi connectivity index (χ1) is 8.38. The number of anilines is 1. The lowest BCUT2D eigenvalue weighted by atomic mass is 10.3. The van der Waals surface area contributed by atoms with Crippen molar-refractivity contribution in [2.24, 2.45) is 0 Å². The zero-order valence-electron chi connectivity index (χ0n) is 9.56. The Morgan fingerprint density at radius 2 is 2.00 bits per heavy atom. The Balaban J connectivity index is 2.96. The quantitative estimate of drug-likeness (QED) is 0.866. The van der Waals surface area contributed by atoms with Gasteiger partial charge in [-0.25, -0.2) is 9.52 Å². The van der Waals surface area contributed by atoms with Crippen molar-refractivity contribution in [1.29, 1.82) is 0 Å². The Kier molecular flexibility index (Phi) is 4.79. The molecule has 0 fully saturated rings. The highest BCUT2D eigenvalue weighted by Crippen LogP contribution is 2.28. The van der Waals surface area contributed by atoms with Crippen LogP contribution >= 0.6 is 15.9 Å². The Morgan fingerprint density at radius 3 is 2.56 bits per heavy atom. The molecule has 1 amide bonds. The topological polar surface area (TPSA) is 93.7 Å². The molecule has 7 nitrogen and oxygen atoms in total. The van der Waals surface area contributed by atoms with Gasteiger partial charge in [-0.3, -0.25) is 4.72 Å². The molecule has 1 aromatic carbocycles. The van der Waals surface area contributed by atoms with Gasteiger partial charge < -0.3 is 9.47 Å². The highest BCUT2D eigenvalue weighted by atomic mass is 79.9. The highest BCUT2D eigenvalue weighted by Gasteiger charge is 2.16. The standard InChI is InChI=1S/C9H11BrN2O5S/c1-16-8-4-3-6(10)5-7(8)11-18(14,15)12-9(13)17-2/h3-5,11H,1-2H3,(H,12,13). The van der Waals surface area contributed by atoms with Gasteiger partial charge in [-0.2, -0.15) is 8.42 Å². The molecular formula is C9H11BrN2O5S. The number of methoxy groups -OCH3 is 2. The van der Waals surface area contributed by atoms with Crippen molar-refractivity contribution < 1.29 is 22.7 Å². The highest BCUT2D eigenvalue weighted by molar-refractivity contribution is 9.10. The average molecular weight is 339 g/mol. The second kappa shape index (κ2) is 5.91. The molecule has 0 aliphatic heterocycles. The molecule has 0 atom stereocenters. The fourth-order valence-electron chi connectivity index (χ4n) is 1.08. The number of carbonyl (C=O) groups is 1. The van der Waals surface area contributed by atoms with Crippen LogP contribution in [-0.2, 0) is 14.9 Å². The summed E-state index contributed by atoms with van der Waals surface area (Å²) in [5, 5.41) is 0. The van der Waals surface area contributed by atoms with Gasteiger partial charge in [0, 0.05) is 4.47 Å². The van der Waals surface area contributed by atoms with Crippen molar-refractivity contribution in [3.8, 4) is 5.75 Å². The summed E-state index contributed by atoms with van der Waals surface area (Å²) >= 11 is 3.20. The van der Waals surface area contributed by atoms with Gasteiger partial charge in [-0.15, -0.1) is 0 Å². The molecule has 2 N–H and O–H groups in total. The van der Waals surface area contributed by atoms with E-state index in [1.165, 1.54) is 13.2 Å². The van der Waals surface area contributed by atoms with Crippen molar-refractivity contribution in [2.45, 2.75) is 0 Å². The minimum Gasteiger partial charge on any atom is -0.495 e. The van der Waals surface area contributed by atoms with Crippen molar-refractivity contribution in [2.75, 3.05) is 18.9 Å². The first-order valence-electron chi connectivity index (χ1n) is 4.60. The molecule has 0 aromatic heterocycles. The van der Waals surface area contributed by atoms with E-state index in [2.05, 4.69) is 25.4 Å². The third kappa shape index (κ3) is 4.08. The van der Waals surface area contributed by atoms with Gasteiger partial charge in [-0.05, 0) is 18.2 Å². The monoisotopic (exact) mass is 338 g/mol. The van der Waals surface area contributed by atoms with Gasteiger partial charge in [-0.1, -0.05) is 15.9 Å². The van der Waals surface area contributed by atoms with Gasteiger partial charge in [0.05, 0.1) is 19.9 Å². The lowest BCUT2D eigenvalue weighted by molar-refractivity contribution is 0.177. The number of carbonyl (C=O) groups excluding carboxylic acids is 1. The third-order valence-electron chi connectivity index (χ3n) is 1.81. The van der Waals surface area contributed by atoms with E-state index in [-0.39, 0.29) is 5.69 Å². The summed E-state index contributed by atoms with van der Waals surface area (Å²) in [6.07, 6.45) is -1.09. The van der Waals surface area contributed by atoms with Crippen molar-refractivity contribution >= 4 is 37.9 Å². The molecule has 0 saturated heterocycles. The summed E-state index contributed by atoms with van der Waals surface area (Å²) in [6.45, 7) is 0. The SMILES string of the molecule is COC(=O)NS(=O)(=O)Nc1cc(Br)ccc1OC. The maximum Gasteiger partial charge on any atom is 0.422 e. The molecule has 1 rings (SSSR count). The molecule has 0 aliphatic rings. The lowest BCUT2D eigenvalue weighted by Crippen LogP contribution is -2.35. The second-order valence-electron chi connectivity index (χ2n) is 3.04. The van der Waals surface area contributed by atoms with E-state index >= 15 is 0 Å². The molecule has 0 spiro atoms. The van der Waals surface area contributed by atoms with E-state index in [1.54, 1.807) is 16.9 Å². The number of ether oxygens (including phenoxy) is 2. The Bertz CT molecular complexity index is 546. The zero-order valence-corrected chi connectivity index (χ0v) is 12.0. The number of rotatable bonds is 4. The minimum absolute atomic E-state index is 0.184. The smallest absolute Gasteiger partial charge is 0.422 e.